The number of aromatic amines is 2. The fraction of sp³-hybridized carbons (Fsp3) is 0.158. The van der Waals surface area contributed by atoms with Crippen molar-refractivity contribution in [1.29, 1.82) is 0 Å². The highest BCUT2D eigenvalue weighted by atomic mass is 14.8. The molecule has 42 heavy (non-hydrogen) atoms. The zero-order chi connectivity index (χ0) is 29.1. The van der Waals surface area contributed by atoms with Gasteiger partial charge in [-0.3, -0.25) is 0 Å². The van der Waals surface area contributed by atoms with Gasteiger partial charge in [0.1, 0.15) is 0 Å². The van der Waals surface area contributed by atoms with Gasteiger partial charge in [-0.1, -0.05) is 35.4 Å². The van der Waals surface area contributed by atoms with Gasteiger partial charge >= 0.3 is 0 Å². The van der Waals surface area contributed by atoms with Crippen LogP contribution >= 0.6 is 0 Å². The quantitative estimate of drug-likeness (QED) is 0.227. The van der Waals surface area contributed by atoms with Gasteiger partial charge in [-0.2, -0.15) is 0 Å². The first-order valence-electron chi connectivity index (χ1n) is 14.5. The maximum Gasteiger partial charge on any atom is 0.0737 e. The Morgan fingerprint density at radius 2 is 0.810 bits per heavy atom. The lowest BCUT2D eigenvalue weighted by Gasteiger charge is -2.13. The summed E-state index contributed by atoms with van der Waals surface area (Å²) in [5, 5.41) is 0. The summed E-state index contributed by atoms with van der Waals surface area (Å²) in [4.78, 5) is 17.6. The summed E-state index contributed by atoms with van der Waals surface area (Å²) in [6.07, 6.45) is 8.47. The van der Waals surface area contributed by atoms with Crippen LogP contribution in [0.25, 0.3) is 68.6 Å². The molecule has 2 N–H and O–H groups in total. The predicted octanol–water partition coefficient (Wildman–Crippen LogP) is 9.84. The van der Waals surface area contributed by atoms with Gasteiger partial charge in [0, 0.05) is 33.2 Å². The van der Waals surface area contributed by atoms with Gasteiger partial charge in [-0.25, -0.2) is 9.97 Å². The molecule has 0 aliphatic carbocycles. The molecule has 0 saturated carbocycles. The Labute approximate surface area is 246 Å². The van der Waals surface area contributed by atoms with Crippen LogP contribution in [-0.4, -0.2) is 19.9 Å². The molecule has 0 saturated heterocycles. The van der Waals surface area contributed by atoms with Crippen molar-refractivity contribution < 1.29 is 0 Å². The van der Waals surface area contributed by atoms with Gasteiger partial charge in [0.05, 0.1) is 22.8 Å². The van der Waals surface area contributed by atoms with E-state index in [1.54, 1.807) is 0 Å². The summed E-state index contributed by atoms with van der Waals surface area (Å²) < 4.78 is 0. The molecule has 8 bridgehead atoms. The van der Waals surface area contributed by atoms with E-state index < -0.39 is 0 Å². The highest BCUT2D eigenvalue weighted by Gasteiger charge is 2.17. The zero-order valence-corrected chi connectivity index (χ0v) is 25.0. The van der Waals surface area contributed by atoms with Crippen molar-refractivity contribution in [3.05, 3.63) is 117 Å². The van der Waals surface area contributed by atoms with E-state index >= 15 is 0 Å². The Morgan fingerprint density at radius 1 is 0.429 bits per heavy atom. The molecule has 2 aliphatic rings. The minimum atomic E-state index is 0.918. The van der Waals surface area contributed by atoms with E-state index in [0.717, 1.165) is 56.0 Å². The molecule has 2 aliphatic heterocycles. The van der Waals surface area contributed by atoms with E-state index in [1.165, 1.54) is 44.5 Å². The van der Waals surface area contributed by atoms with Crippen LogP contribution in [-0.2, 0) is 0 Å². The number of nitrogens with one attached hydrogen (secondary N) is 2. The van der Waals surface area contributed by atoms with Gasteiger partial charge in [-0.15, -0.1) is 0 Å². The normalized spacial score (nSPS) is 12.3. The molecule has 5 heterocycles. The molecule has 2 aromatic carbocycles. The lowest BCUT2D eigenvalue weighted by molar-refractivity contribution is 1.28. The number of H-pyrrole nitrogens is 2. The molecular formula is C38H34N4. The van der Waals surface area contributed by atoms with E-state index in [0.29, 0.717) is 0 Å². The Balaban J connectivity index is 1.59. The second-order valence-electron chi connectivity index (χ2n) is 11.8. The highest BCUT2D eigenvalue weighted by molar-refractivity contribution is 5.95. The number of hydrogen-bond donors (Lipinski definition) is 2. The van der Waals surface area contributed by atoms with Crippen LogP contribution in [0.15, 0.2) is 60.7 Å². The SMILES string of the molecule is Cc1cc(C)c(-c2c3nc(cc4ccc([nH]4)c(-c4c(C)cc(C)cc4C)c4nc(cc5ccc2[nH]5)C=C4)C=C3)c(C)c1. The van der Waals surface area contributed by atoms with Crippen molar-refractivity contribution in [2.24, 2.45) is 0 Å². The second-order valence-corrected chi connectivity index (χ2v) is 11.8. The Morgan fingerprint density at radius 3 is 1.19 bits per heavy atom. The molecule has 0 amide bonds. The summed E-state index contributed by atoms with van der Waals surface area (Å²) in [6, 6.07) is 21.8. The summed E-state index contributed by atoms with van der Waals surface area (Å²) in [6.45, 7) is 13.1. The first-order valence-corrected chi connectivity index (χ1v) is 14.5. The number of aromatic nitrogens is 4. The molecule has 0 fully saturated rings. The number of benzene rings is 2. The van der Waals surface area contributed by atoms with E-state index in [2.05, 4.69) is 136 Å². The number of aryl methyl sites for hydroxylation is 6. The van der Waals surface area contributed by atoms with Crippen LogP contribution in [0.3, 0.4) is 0 Å². The van der Waals surface area contributed by atoms with E-state index in [4.69, 9.17) is 9.97 Å². The van der Waals surface area contributed by atoms with Crippen LogP contribution in [0, 0.1) is 41.5 Å². The lowest BCUT2D eigenvalue weighted by atomic mass is 9.92. The van der Waals surface area contributed by atoms with Gasteiger partial charge < -0.3 is 9.97 Å². The van der Waals surface area contributed by atoms with Crippen LogP contribution in [0.4, 0.5) is 0 Å². The number of nitrogens with zero attached hydrogens (tertiary/aromatic N) is 2. The van der Waals surface area contributed by atoms with Crippen LogP contribution in [0.5, 0.6) is 0 Å². The van der Waals surface area contributed by atoms with Gasteiger partial charge in [-0.05, 0) is 136 Å². The van der Waals surface area contributed by atoms with Crippen molar-refractivity contribution >= 4 is 46.4 Å². The standard InChI is InChI=1S/C38H34N4/c1-21-15-23(3)35(24(4)16-21)37-31-11-7-27(39-31)19-29-9-13-33(41-29)38(36-25(5)17-22(2)18-26(36)6)34-14-10-30(42-34)20-28-8-12-32(37)40-28/h7-20,39,42H,1-6H3. The first-order chi connectivity index (χ1) is 20.2. The molecule has 0 radical (unpaired) electrons. The van der Waals surface area contributed by atoms with E-state index in [9.17, 15) is 0 Å². The molecule has 0 atom stereocenters. The molecule has 3 aromatic heterocycles. The number of rotatable bonds is 2. The maximum absolute atomic E-state index is 5.13. The molecule has 7 rings (SSSR count). The monoisotopic (exact) mass is 546 g/mol. The average molecular weight is 547 g/mol. The summed E-state index contributed by atoms with van der Waals surface area (Å²) in [7, 11) is 0. The van der Waals surface area contributed by atoms with Crippen LogP contribution in [0.2, 0.25) is 0 Å². The topological polar surface area (TPSA) is 57.4 Å². The number of fused-ring (bicyclic) bond motifs is 8. The summed E-state index contributed by atoms with van der Waals surface area (Å²) >= 11 is 0. The smallest absolute Gasteiger partial charge is 0.0737 e. The Bertz CT molecular complexity index is 1950. The second kappa shape index (κ2) is 9.85. The van der Waals surface area contributed by atoms with Crippen molar-refractivity contribution in [3.8, 4) is 22.3 Å². The highest BCUT2D eigenvalue weighted by Crippen LogP contribution is 2.37. The van der Waals surface area contributed by atoms with Gasteiger partial charge in [0.25, 0.3) is 0 Å². The zero-order valence-electron chi connectivity index (χ0n) is 25.0. The molecular weight excluding hydrogens is 512 g/mol. The third kappa shape index (κ3) is 4.50. The molecule has 4 nitrogen and oxygen atoms in total. The molecule has 4 heteroatoms. The fourth-order valence-corrected chi connectivity index (χ4v) is 6.75. The largest absolute Gasteiger partial charge is 0.355 e. The molecule has 206 valence electrons. The van der Waals surface area contributed by atoms with Crippen molar-refractivity contribution in [2.75, 3.05) is 0 Å². The van der Waals surface area contributed by atoms with Gasteiger partial charge in [0.2, 0.25) is 0 Å². The minimum Gasteiger partial charge on any atom is -0.355 e. The average Bonchev–Trinajstić information content (AvgIpc) is 3.73. The van der Waals surface area contributed by atoms with Crippen molar-refractivity contribution in [2.45, 2.75) is 41.5 Å². The van der Waals surface area contributed by atoms with Crippen LogP contribution in [0.1, 0.15) is 56.2 Å². The van der Waals surface area contributed by atoms with E-state index in [1.807, 2.05) is 0 Å². The Hall–Kier alpha value is -4.96. The number of hydrogen-bond acceptors (Lipinski definition) is 2. The minimum absolute atomic E-state index is 0.918. The van der Waals surface area contributed by atoms with Crippen LogP contribution < -0.4 is 0 Å². The van der Waals surface area contributed by atoms with Gasteiger partial charge in [0.15, 0.2) is 0 Å². The lowest BCUT2D eigenvalue weighted by Crippen LogP contribution is -1.94. The van der Waals surface area contributed by atoms with Crippen molar-refractivity contribution in [3.63, 3.8) is 0 Å². The summed E-state index contributed by atoms with van der Waals surface area (Å²) in [5.74, 6) is 0. The third-order valence-corrected chi connectivity index (χ3v) is 8.25. The first kappa shape index (κ1) is 26.0. The van der Waals surface area contributed by atoms with Crippen molar-refractivity contribution in [1.82, 2.24) is 19.9 Å². The molecule has 5 aromatic rings. The predicted molar refractivity (Wildman–Crippen MR) is 178 cm³/mol. The Kier molecular flexibility index (Phi) is 6.09. The molecule has 0 spiro atoms. The molecule has 0 unspecified atom stereocenters. The fourth-order valence-electron chi connectivity index (χ4n) is 6.75. The summed E-state index contributed by atoms with van der Waals surface area (Å²) in [5.41, 5.74) is 20.0. The third-order valence-electron chi connectivity index (χ3n) is 8.25. The van der Waals surface area contributed by atoms with E-state index in [-0.39, 0.29) is 0 Å². The maximum atomic E-state index is 5.13.